The van der Waals surface area contributed by atoms with Gasteiger partial charge in [-0.2, -0.15) is 0 Å². The van der Waals surface area contributed by atoms with Crippen LogP contribution in [0.15, 0.2) is 30.3 Å². The third-order valence-electron chi connectivity index (χ3n) is 6.08. The first kappa shape index (κ1) is 13.5. The van der Waals surface area contributed by atoms with Crippen molar-refractivity contribution in [2.75, 3.05) is 0 Å². The van der Waals surface area contributed by atoms with E-state index in [-0.39, 0.29) is 22.0 Å². The van der Waals surface area contributed by atoms with Crippen LogP contribution in [0.3, 0.4) is 0 Å². The zero-order chi connectivity index (χ0) is 14.9. The molecular formula is C19H24O2. The summed E-state index contributed by atoms with van der Waals surface area (Å²) in [6.45, 7) is 4.56. The second-order valence-corrected chi connectivity index (χ2v) is 8.88. The van der Waals surface area contributed by atoms with Crippen LogP contribution < -0.4 is 0 Å². The Morgan fingerprint density at radius 2 is 1.48 bits per heavy atom. The molecule has 4 aliphatic carbocycles. The van der Waals surface area contributed by atoms with Crippen molar-refractivity contribution in [3.63, 3.8) is 0 Å². The second kappa shape index (κ2) is 3.78. The topological polar surface area (TPSA) is 37.3 Å². The molecule has 4 fully saturated rings. The molecule has 112 valence electrons. The summed E-state index contributed by atoms with van der Waals surface area (Å²) in [5.74, 6) is 0.262. The van der Waals surface area contributed by atoms with E-state index in [2.05, 4.69) is 13.8 Å². The highest BCUT2D eigenvalue weighted by atomic mass is 16.3. The summed E-state index contributed by atoms with van der Waals surface area (Å²) in [6.07, 6.45) is 5.47. The monoisotopic (exact) mass is 284 g/mol. The Bertz CT molecular complexity index is 550. The average Bonchev–Trinajstić information content (AvgIpc) is 2.33. The van der Waals surface area contributed by atoms with Crippen molar-refractivity contribution >= 4 is 5.78 Å². The van der Waals surface area contributed by atoms with Gasteiger partial charge in [0.2, 0.25) is 0 Å². The molecule has 2 unspecified atom stereocenters. The van der Waals surface area contributed by atoms with Crippen LogP contribution in [-0.4, -0.2) is 16.5 Å². The van der Waals surface area contributed by atoms with Crippen LogP contribution >= 0.6 is 0 Å². The molecule has 0 aliphatic heterocycles. The lowest BCUT2D eigenvalue weighted by Crippen LogP contribution is -2.64. The molecule has 1 aromatic rings. The third kappa shape index (κ3) is 1.92. The van der Waals surface area contributed by atoms with E-state index in [1.807, 2.05) is 30.3 Å². The minimum Gasteiger partial charge on any atom is -0.390 e. The molecule has 1 N–H and O–H groups in total. The second-order valence-electron chi connectivity index (χ2n) is 8.88. The van der Waals surface area contributed by atoms with Gasteiger partial charge in [-0.05, 0) is 49.4 Å². The maximum atomic E-state index is 13.2. The molecule has 0 saturated heterocycles. The number of hydrogen-bond acceptors (Lipinski definition) is 2. The first-order chi connectivity index (χ1) is 9.76. The molecule has 0 aromatic heterocycles. The molecule has 2 nitrogen and oxygen atoms in total. The number of rotatable bonds is 2. The minimum absolute atomic E-state index is 0.128. The number of carbonyl (C=O) groups excluding carboxylic acids is 1. The minimum atomic E-state index is -0.622. The number of hydrogen-bond donors (Lipinski definition) is 1. The number of benzene rings is 1. The standard InChI is InChI=1S/C19H24O2/c1-16-8-17(2)10-18(9-16,13-19(21,11-16)12-17)15(20)14-6-4-3-5-7-14/h3-7,21H,8-13H2,1-2H3/t16-,17+,18?,19?. The molecular weight excluding hydrogens is 260 g/mol. The van der Waals surface area contributed by atoms with Crippen LogP contribution in [0.1, 0.15) is 62.7 Å². The molecule has 5 rings (SSSR count). The van der Waals surface area contributed by atoms with Crippen molar-refractivity contribution < 1.29 is 9.90 Å². The molecule has 2 heteroatoms. The van der Waals surface area contributed by atoms with Gasteiger partial charge in [-0.15, -0.1) is 0 Å². The van der Waals surface area contributed by atoms with Crippen molar-refractivity contribution in [1.29, 1.82) is 0 Å². The van der Waals surface area contributed by atoms with Gasteiger partial charge in [-0.3, -0.25) is 4.79 Å². The highest BCUT2D eigenvalue weighted by Crippen LogP contribution is 2.71. The van der Waals surface area contributed by atoms with Crippen LogP contribution in [0.5, 0.6) is 0 Å². The molecule has 4 aliphatic rings. The predicted molar refractivity (Wildman–Crippen MR) is 82.1 cm³/mol. The highest BCUT2D eigenvalue weighted by molar-refractivity contribution is 6.01. The van der Waals surface area contributed by atoms with E-state index >= 15 is 0 Å². The van der Waals surface area contributed by atoms with Gasteiger partial charge in [0.25, 0.3) is 0 Å². The van der Waals surface area contributed by atoms with Crippen molar-refractivity contribution in [2.45, 2.75) is 58.0 Å². The summed E-state index contributed by atoms with van der Waals surface area (Å²) in [5.41, 5.74) is 0.109. The summed E-state index contributed by atoms with van der Waals surface area (Å²) >= 11 is 0. The maximum Gasteiger partial charge on any atom is 0.169 e. The number of aliphatic hydroxyl groups is 1. The lowest BCUT2D eigenvalue weighted by atomic mass is 9.38. The molecule has 0 spiro atoms. The lowest BCUT2D eigenvalue weighted by molar-refractivity contribution is -0.210. The van der Waals surface area contributed by atoms with Crippen LogP contribution in [0.2, 0.25) is 0 Å². The van der Waals surface area contributed by atoms with E-state index in [0.29, 0.717) is 6.42 Å². The Balaban J connectivity index is 1.80. The van der Waals surface area contributed by atoms with Gasteiger partial charge in [-0.1, -0.05) is 44.2 Å². The number of Topliss-reactive ketones (excluding diaryl/α,β-unsaturated/α-hetero) is 1. The van der Waals surface area contributed by atoms with E-state index in [9.17, 15) is 9.90 Å². The van der Waals surface area contributed by atoms with Gasteiger partial charge >= 0.3 is 0 Å². The third-order valence-corrected chi connectivity index (χ3v) is 6.08. The van der Waals surface area contributed by atoms with E-state index in [1.54, 1.807) is 0 Å². The highest BCUT2D eigenvalue weighted by Gasteiger charge is 2.67. The Morgan fingerprint density at radius 3 is 2.00 bits per heavy atom. The first-order valence-corrected chi connectivity index (χ1v) is 8.08. The van der Waals surface area contributed by atoms with Crippen molar-refractivity contribution in [1.82, 2.24) is 0 Å². The maximum absolute atomic E-state index is 13.2. The predicted octanol–water partition coefficient (Wildman–Crippen LogP) is 3.98. The smallest absolute Gasteiger partial charge is 0.169 e. The summed E-state index contributed by atoms with van der Waals surface area (Å²) in [5, 5.41) is 11.0. The molecule has 0 heterocycles. The van der Waals surface area contributed by atoms with E-state index in [1.165, 1.54) is 0 Å². The van der Waals surface area contributed by atoms with Crippen LogP contribution in [0.4, 0.5) is 0 Å². The quantitative estimate of drug-likeness (QED) is 0.834. The molecule has 4 bridgehead atoms. The summed E-state index contributed by atoms with van der Waals surface area (Å²) in [4.78, 5) is 13.2. The van der Waals surface area contributed by atoms with Gasteiger partial charge < -0.3 is 5.11 Å². The van der Waals surface area contributed by atoms with Crippen molar-refractivity contribution in [3.8, 4) is 0 Å². The normalized spacial score (nSPS) is 47.6. The molecule has 0 radical (unpaired) electrons. The molecule has 1 aromatic carbocycles. The molecule has 21 heavy (non-hydrogen) atoms. The Morgan fingerprint density at radius 1 is 0.905 bits per heavy atom. The fourth-order valence-corrected chi connectivity index (χ4v) is 6.77. The number of carbonyl (C=O) groups is 1. The van der Waals surface area contributed by atoms with E-state index in [4.69, 9.17) is 0 Å². The fraction of sp³-hybridized carbons (Fsp3) is 0.632. The fourth-order valence-electron chi connectivity index (χ4n) is 6.77. The van der Waals surface area contributed by atoms with Gasteiger partial charge in [-0.25, -0.2) is 0 Å². The SMILES string of the molecule is C[C@]12CC3(O)CC(C(=O)c4ccccc4)(C1)C[C@@](C)(C3)C2. The van der Waals surface area contributed by atoms with Crippen LogP contribution in [0, 0.1) is 16.2 Å². The van der Waals surface area contributed by atoms with Crippen molar-refractivity contribution in [3.05, 3.63) is 35.9 Å². The molecule has 4 saturated carbocycles. The largest absolute Gasteiger partial charge is 0.390 e. The Hall–Kier alpha value is -1.15. The lowest BCUT2D eigenvalue weighted by Gasteiger charge is -2.67. The summed E-state index contributed by atoms with van der Waals surface area (Å²) in [6, 6.07) is 9.68. The first-order valence-electron chi connectivity index (χ1n) is 8.08. The van der Waals surface area contributed by atoms with Gasteiger partial charge in [0.05, 0.1) is 5.60 Å². The zero-order valence-electron chi connectivity index (χ0n) is 13.0. The number of ketones is 1. The summed E-state index contributed by atoms with van der Waals surface area (Å²) in [7, 11) is 0. The molecule has 0 amide bonds. The summed E-state index contributed by atoms with van der Waals surface area (Å²) < 4.78 is 0. The Labute approximate surface area is 126 Å². The Kier molecular flexibility index (Phi) is 2.43. The van der Waals surface area contributed by atoms with E-state index in [0.717, 1.165) is 37.7 Å². The van der Waals surface area contributed by atoms with Gasteiger partial charge in [0, 0.05) is 11.0 Å². The zero-order valence-corrected chi connectivity index (χ0v) is 13.0. The van der Waals surface area contributed by atoms with Crippen molar-refractivity contribution in [2.24, 2.45) is 16.2 Å². The van der Waals surface area contributed by atoms with Gasteiger partial charge in [0.1, 0.15) is 0 Å². The van der Waals surface area contributed by atoms with Crippen LogP contribution in [-0.2, 0) is 0 Å². The van der Waals surface area contributed by atoms with E-state index < -0.39 is 5.60 Å². The van der Waals surface area contributed by atoms with Gasteiger partial charge in [0.15, 0.2) is 5.78 Å². The molecule has 4 atom stereocenters. The average molecular weight is 284 g/mol. The van der Waals surface area contributed by atoms with Crippen LogP contribution in [0.25, 0.3) is 0 Å².